The van der Waals surface area contributed by atoms with Crippen molar-refractivity contribution < 1.29 is 14.0 Å². The van der Waals surface area contributed by atoms with Gasteiger partial charge in [-0.05, 0) is 69.3 Å². The fourth-order valence-electron chi connectivity index (χ4n) is 6.68. The lowest BCUT2D eigenvalue weighted by molar-refractivity contribution is 0.670. The molecule has 0 atom stereocenters. The van der Waals surface area contributed by atoms with Crippen LogP contribution in [0.15, 0.2) is 174 Å². The predicted octanol–water partition coefficient (Wildman–Crippen LogP) is 13.1. The summed E-state index contributed by atoms with van der Waals surface area (Å²) in [5.41, 5.74) is 9.73. The van der Waals surface area contributed by atoms with E-state index in [2.05, 4.69) is 78.9 Å². The first kappa shape index (κ1) is 22.3. The Bertz CT molecular complexity index is 3270. The summed E-state index contributed by atoms with van der Waals surface area (Å²) in [7, 11) is 0. The molecule has 0 saturated carbocycles. The number of fused-ring (bicyclic) bond motifs is 6. The molecule has 3 aromatic heterocycles. The molecule has 0 aliphatic carbocycles. The zero-order valence-electron chi connectivity index (χ0n) is 33.3. The number of furan rings is 1. The molecule has 7 aromatic carbocycles. The molecular formula is C46H28N2OS. The highest BCUT2D eigenvalue weighted by Crippen LogP contribution is 2.41. The number of para-hydroxylation sites is 2. The minimum absolute atomic E-state index is 0.0262. The van der Waals surface area contributed by atoms with E-state index in [1.54, 1.807) is 23.7 Å². The van der Waals surface area contributed by atoms with E-state index in [1.807, 2.05) is 36.4 Å². The minimum atomic E-state index is -0.458. The molecule has 4 heteroatoms. The number of aromatic nitrogens is 2. The Kier molecular flexibility index (Phi) is 5.20. The van der Waals surface area contributed by atoms with Crippen LogP contribution in [0.4, 0.5) is 0 Å². The van der Waals surface area contributed by atoms with Gasteiger partial charge in [0.2, 0.25) is 0 Å². The summed E-state index contributed by atoms with van der Waals surface area (Å²) in [6.45, 7) is 0. The largest absolute Gasteiger partial charge is 0.455 e. The predicted molar refractivity (Wildman–Crippen MR) is 209 cm³/mol. The lowest BCUT2D eigenvalue weighted by atomic mass is 9.96. The highest BCUT2D eigenvalue weighted by atomic mass is 32.1. The molecule has 0 N–H and O–H groups in total. The Balaban J connectivity index is 1.06. The Labute approximate surface area is 302 Å². The molecule has 0 saturated heterocycles. The molecule has 0 aliphatic rings. The van der Waals surface area contributed by atoms with Crippen molar-refractivity contribution in [3.8, 4) is 55.8 Å². The number of hydrogen-bond donors (Lipinski definition) is 0. The number of rotatable bonds is 5. The minimum Gasteiger partial charge on any atom is -0.455 e. The third kappa shape index (κ3) is 4.80. The Hall–Kier alpha value is -6.36. The van der Waals surface area contributed by atoms with E-state index in [0.29, 0.717) is 11.3 Å². The fourth-order valence-corrected chi connectivity index (χ4v) is 7.83. The standard InChI is InChI=1S/C46H28N2OS/c1-2-9-29(10-3-1)30-19-21-31(22-20-30)32-11-6-12-33(25-32)34-23-24-42-40(27-34)44-46(50-42)43(47-28-48-44)36-14-7-13-35(26-36)37-16-8-17-39-38-15-4-5-18-41(38)49-45(37)39/h1-28H/i4D,5D,8D,15D,16D,17D,18D. The maximum absolute atomic E-state index is 8.94. The van der Waals surface area contributed by atoms with Crippen LogP contribution in [-0.2, 0) is 0 Å². The second-order valence-corrected chi connectivity index (χ2v) is 13.1. The molecule has 0 bridgehead atoms. The first-order chi connectivity index (χ1) is 27.7. The molecule has 0 amide bonds. The van der Waals surface area contributed by atoms with Gasteiger partial charge in [0, 0.05) is 32.0 Å². The van der Waals surface area contributed by atoms with E-state index in [4.69, 9.17) is 24.0 Å². The van der Waals surface area contributed by atoms with Gasteiger partial charge in [-0.1, -0.05) is 133 Å². The van der Waals surface area contributed by atoms with Crippen LogP contribution in [-0.4, -0.2) is 9.97 Å². The summed E-state index contributed by atoms with van der Waals surface area (Å²) in [6.07, 6.45) is 1.55. The van der Waals surface area contributed by atoms with Crippen LogP contribution in [0.25, 0.3) is 98.0 Å². The van der Waals surface area contributed by atoms with Crippen molar-refractivity contribution in [2.75, 3.05) is 0 Å². The van der Waals surface area contributed by atoms with Crippen molar-refractivity contribution in [3.05, 3.63) is 170 Å². The first-order valence-electron chi connectivity index (χ1n) is 19.6. The Morgan fingerprint density at radius 1 is 0.500 bits per heavy atom. The molecule has 0 fully saturated rings. The van der Waals surface area contributed by atoms with Crippen molar-refractivity contribution in [1.29, 1.82) is 0 Å². The number of hydrogen-bond acceptors (Lipinski definition) is 4. The van der Waals surface area contributed by atoms with E-state index in [-0.39, 0.29) is 57.7 Å². The van der Waals surface area contributed by atoms with E-state index in [1.165, 1.54) is 11.1 Å². The van der Waals surface area contributed by atoms with Crippen LogP contribution in [0.1, 0.15) is 9.60 Å². The molecule has 3 nitrogen and oxygen atoms in total. The van der Waals surface area contributed by atoms with Crippen LogP contribution in [0, 0.1) is 0 Å². The fraction of sp³-hybridized carbons (Fsp3) is 0. The normalized spacial score (nSPS) is 13.6. The van der Waals surface area contributed by atoms with Crippen LogP contribution in [0.5, 0.6) is 0 Å². The van der Waals surface area contributed by atoms with E-state index < -0.39 is 12.1 Å². The summed E-state index contributed by atoms with van der Waals surface area (Å²) in [6, 6.07) is 38.7. The van der Waals surface area contributed by atoms with Crippen molar-refractivity contribution in [3.63, 3.8) is 0 Å². The van der Waals surface area contributed by atoms with E-state index >= 15 is 0 Å². The second kappa shape index (κ2) is 11.7. The molecule has 10 aromatic rings. The van der Waals surface area contributed by atoms with Crippen LogP contribution in [0.2, 0.25) is 0 Å². The van der Waals surface area contributed by atoms with Crippen LogP contribution in [0.3, 0.4) is 0 Å². The molecule has 0 spiro atoms. The number of thiophene rings is 1. The average Bonchev–Trinajstić information content (AvgIpc) is 3.84. The van der Waals surface area contributed by atoms with Crippen molar-refractivity contribution >= 4 is 53.6 Å². The summed E-state index contributed by atoms with van der Waals surface area (Å²) in [4.78, 5) is 9.47. The number of nitrogens with zero attached hydrogens (tertiary/aromatic N) is 2. The lowest BCUT2D eigenvalue weighted by Gasteiger charge is -2.08. The smallest absolute Gasteiger partial charge is 0.143 e. The van der Waals surface area contributed by atoms with Crippen LogP contribution < -0.4 is 0 Å². The van der Waals surface area contributed by atoms with Gasteiger partial charge in [0.05, 0.1) is 25.5 Å². The molecular weight excluding hydrogens is 629 g/mol. The quantitative estimate of drug-likeness (QED) is 0.184. The van der Waals surface area contributed by atoms with Crippen molar-refractivity contribution in [2.24, 2.45) is 0 Å². The molecule has 10 rings (SSSR count). The van der Waals surface area contributed by atoms with Gasteiger partial charge in [0.1, 0.15) is 17.5 Å². The maximum atomic E-state index is 8.94. The van der Waals surface area contributed by atoms with Gasteiger partial charge in [-0.3, -0.25) is 0 Å². The van der Waals surface area contributed by atoms with Gasteiger partial charge < -0.3 is 4.42 Å². The van der Waals surface area contributed by atoms with Gasteiger partial charge in [-0.25, -0.2) is 9.97 Å². The Morgan fingerprint density at radius 3 is 2.00 bits per heavy atom. The topological polar surface area (TPSA) is 38.9 Å². The molecule has 50 heavy (non-hydrogen) atoms. The van der Waals surface area contributed by atoms with E-state index in [9.17, 15) is 0 Å². The zero-order valence-corrected chi connectivity index (χ0v) is 27.2. The summed E-state index contributed by atoms with van der Waals surface area (Å²) in [5, 5.41) is 1.11. The monoisotopic (exact) mass is 663 g/mol. The molecule has 0 radical (unpaired) electrons. The summed E-state index contributed by atoms with van der Waals surface area (Å²) < 4.78 is 67.8. The third-order valence-corrected chi connectivity index (χ3v) is 10.3. The first-order valence-corrected chi connectivity index (χ1v) is 17.0. The average molecular weight is 664 g/mol. The van der Waals surface area contributed by atoms with Gasteiger partial charge in [0.25, 0.3) is 0 Å². The van der Waals surface area contributed by atoms with Gasteiger partial charge in [0.15, 0.2) is 0 Å². The highest BCUT2D eigenvalue weighted by Gasteiger charge is 2.16. The van der Waals surface area contributed by atoms with Crippen molar-refractivity contribution in [1.82, 2.24) is 9.97 Å². The second-order valence-electron chi connectivity index (χ2n) is 12.1. The van der Waals surface area contributed by atoms with E-state index in [0.717, 1.165) is 48.1 Å². The SMILES string of the molecule is [2H]c1c([2H])c([2H])c2c(oc3c(-c4cccc(-c5ncnc6c5sc5ccc(-c7cccc(-c8ccc(-c9ccccc9)cc8)c7)cc56)c4)c([2H])c([2H])c([2H])c32)c1[2H]. The molecule has 234 valence electrons. The summed E-state index contributed by atoms with van der Waals surface area (Å²) >= 11 is 1.59. The van der Waals surface area contributed by atoms with Gasteiger partial charge in [-0.2, -0.15) is 0 Å². The Morgan fingerprint density at radius 2 is 1.14 bits per heavy atom. The zero-order chi connectivity index (χ0) is 39.1. The molecule has 3 heterocycles. The van der Waals surface area contributed by atoms with Gasteiger partial charge >= 0.3 is 0 Å². The van der Waals surface area contributed by atoms with Crippen molar-refractivity contribution in [2.45, 2.75) is 0 Å². The summed E-state index contributed by atoms with van der Waals surface area (Å²) in [5.74, 6) is 0. The van der Waals surface area contributed by atoms with Gasteiger partial charge in [-0.15, -0.1) is 11.3 Å². The molecule has 0 aliphatic heterocycles. The third-order valence-electron chi connectivity index (χ3n) is 9.13. The maximum Gasteiger partial charge on any atom is 0.143 e. The molecule has 0 unspecified atom stereocenters. The van der Waals surface area contributed by atoms with Crippen LogP contribution >= 0.6 is 11.3 Å². The number of benzene rings is 7. The lowest BCUT2D eigenvalue weighted by Crippen LogP contribution is -1.87. The highest BCUT2D eigenvalue weighted by molar-refractivity contribution is 7.26.